The third-order valence-corrected chi connectivity index (χ3v) is 4.41. The molecule has 1 aromatic carbocycles. The number of fused-ring (bicyclic) bond motifs is 1. The van der Waals surface area contributed by atoms with Crippen LogP contribution in [0.1, 0.15) is 12.2 Å². The highest BCUT2D eigenvalue weighted by Crippen LogP contribution is 2.14. The van der Waals surface area contributed by atoms with Gasteiger partial charge in [-0.25, -0.2) is 9.97 Å². The Morgan fingerprint density at radius 1 is 1.28 bits per heavy atom. The number of aryl methyl sites for hydroxylation is 2. The van der Waals surface area contributed by atoms with Crippen LogP contribution in [-0.2, 0) is 17.9 Å². The zero-order chi connectivity index (χ0) is 17.8. The second-order valence-corrected chi connectivity index (χ2v) is 6.63. The Morgan fingerprint density at radius 3 is 2.88 bits per heavy atom. The molecule has 25 heavy (non-hydrogen) atoms. The summed E-state index contributed by atoms with van der Waals surface area (Å²) in [4.78, 5) is 32.9. The maximum Gasteiger partial charge on any atom is 0.261 e. The summed E-state index contributed by atoms with van der Waals surface area (Å²) in [7, 11) is 0. The molecule has 0 saturated carbocycles. The monoisotopic (exact) mass is 403 g/mol. The van der Waals surface area contributed by atoms with Crippen molar-refractivity contribution in [3.63, 3.8) is 0 Å². The summed E-state index contributed by atoms with van der Waals surface area (Å²) in [5, 5.41) is 3.32. The zero-order valence-corrected chi connectivity index (χ0v) is 15.4. The minimum absolute atomic E-state index is 0.0433. The molecule has 2 heterocycles. The number of carbonyl (C=O) groups is 1. The SMILES string of the molecule is Cc1nccn1CCCNC(=O)Cn1cnc2ccc(Br)cc2c1=O. The molecule has 0 spiro atoms. The molecule has 7 nitrogen and oxygen atoms in total. The van der Waals surface area contributed by atoms with Crippen molar-refractivity contribution in [1.82, 2.24) is 24.4 Å². The van der Waals surface area contributed by atoms with Crippen molar-refractivity contribution in [3.05, 3.63) is 57.6 Å². The summed E-state index contributed by atoms with van der Waals surface area (Å²) in [5.74, 6) is 0.742. The fourth-order valence-corrected chi connectivity index (χ4v) is 2.93. The van der Waals surface area contributed by atoms with Crippen LogP contribution in [0.4, 0.5) is 0 Å². The average Bonchev–Trinajstić information content (AvgIpc) is 3.00. The van der Waals surface area contributed by atoms with Crippen LogP contribution in [0.25, 0.3) is 10.9 Å². The van der Waals surface area contributed by atoms with E-state index in [2.05, 4.69) is 31.2 Å². The first-order valence-electron chi connectivity index (χ1n) is 7.94. The van der Waals surface area contributed by atoms with Crippen molar-refractivity contribution >= 4 is 32.7 Å². The Morgan fingerprint density at radius 2 is 2.12 bits per heavy atom. The van der Waals surface area contributed by atoms with Crippen molar-refractivity contribution in [2.75, 3.05) is 6.54 Å². The van der Waals surface area contributed by atoms with Gasteiger partial charge >= 0.3 is 0 Å². The first-order valence-corrected chi connectivity index (χ1v) is 8.73. The molecule has 0 fully saturated rings. The van der Waals surface area contributed by atoms with Gasteiger partial charge in [0.2, 0.25) is 5.91 Å². The topological polar surface area (TPSA) is 81.8 Å². The summed E-state index contributed by atoms with van der Waals surface area (Å²) in [6.45, 7) is 3.23. The minimum atomic E-state index is -0.226. The van der Waals surface area contributed by atoms with Crippen LogP contribution >= 0.6 is 15.9 Å². The van der Waals surface area contributed by atoms with Crippen LogP contribution < -0.4 is 10.9 Å². The Hall–Kier alpha value is -2.48. The number of imidazole rings is 1. The number of nitrogens with one attached hydrogen (secondary N) is 1. The minimum Gasteiger partial charge on any atom is -0.354 e. The molecular weight excluding hydrogens is 386 g/mol. The van der Waals surface area contributed by atoms with Gasteiger partial charge < -0.3 is 9.88 Å². The lowest BCUT2D eigenvalue weighted by molar-refractivity contribution is -0.121. The Bertz CT molecular complexity index is 963. The lowest BCUT2D eigenvalue weighted by atomic mass is 10.2. The molecular formula is C17H18BrN5O2. The van der Waals surface area contributed by atoms with E-state index in [4.69, 9.17) is 0 Å². The van der Waals surface area contributed by atoms with Crippen molar-refractivity contribution in [3.8, 4) is 0 Å². The van der Waals surface area contributed by atoms with Gasteiger partial charge in [0.25, 0.3) is 5.56 Å². The molecule has 0 aliphatic carbocycles. The van der Waals surface area contributed by atoms with E-state index in [0.717, 1.165) is 23.3 Å². The van der Waals surface area contributed by atoms with E-state index in [9.17, 15) is 9.59 Å². The van der Waals surface area contributed by atoms with E-state index in [1.54, 1.807) is 18.3 Å². The van der Waals surface area contributed by atoms with E-state index in [1.807, 2.05) is 23.8 Å². The average molecular weight is 404 g/mol. The Kier molecular flexibility index (Phi) is 5.28. The molecule has 0 radical (unpaired) electrons. The van der Waals surface area contributed by atoms with Gasteiger partial charge in [-0.15, -0.1) is 0 Å². The number of nitrogens with zero attached hydrogens (tertiary/aromatic N) is 4. The van der Waals surface area contributed by atoms with E-state index in [0.29, 0.717) is 17.4 Å². The normalized spacial score (nSPS) is 11.0. The highest BCUT2D eigenvalue weighted by atomic mass is 79.9. The quantitative estimate of drug-likeness (QED) is 0.636. The van der Waals surface area contributed by atoms with Gasteiger partial charge in [0.05, 0.1) is 17.2 Å². The second-order valence-electron chi connectivity index (χ2n) is 5.71. The van der Waals surface area contributed by atoms with Crippen LogP contribution in [0.15, 0.2) is 46.2 Å². The molecule has 0 unspecified atom stereocenters. The molecule has 130 valence electrons. The van der Waals surface area contributed by atoms with Gasteiger partial charge in [0.1, 0.15) is 12.4 Å². The van der Waals surface area contributed by atoms with Gasteiger partial charge in [0.15, 0.2) is 0 Å². The smallest absolute Gasteiger partial charge is 0.261 e. The molecule has 0 atom stereocenters. The van der Waals surface area contributed by atoms with Crippen molar-refractivity contribution in [1.29, 1.82) is 0 Å². The van der Waals surface area contributed by atoms with Crippen LogP contribution in [-0.4, -0.2) is 31.6 Å². The molecule has 3 aromatic rings. The zero-order valence-electron chi connectivity index (χ0n) is 13.8. The first kappa shape index (κ1) is 17.3. The Balaban J connectivity index is 1.57. The van der Waals surface area contributed by atoms with E-state index >= 15 is 0 Å². The Labute approximate surface area is 152 Å². The summed E-state index contributed by atoms with van der Waals surface area (Å²) in [5.41, 5.74) is 0.385. The van der Waals surface area contributed by atoms with Crippen molar-refractivity contribution in [2.24, 2.45) is 0 Å². The van der Waals surface area contributed by atoms with Crippen LogP contribution in [0.3, 0.4) is 0 Å². The third kappa shape index (κ3) is 4.14. The maximum atomic E-state index is 12.5. The van der Waals surface area contributed by atoms with Gasteiger partial charge in [-0.05, 0) is 31.5 Å². The van der Waals surface area contributed by atoms with Gasteiger partial charge in [-0.1, -0.05) is 15.9 Å². The number of halogens is 1. The molecule has 3 rings (SSSR count). The fourth-order valence-electron chi connectivity index (χ4n) is 2.57. The number of hydrogen-bond acceptors (Lipinski definition) is 4. The molecule has 0 aliphatic heterocycles. The maximum absolute atomic E-state index is 12.5. The first-order chi connectivity index (χ1) is 12.0. The van der Waals surface area contributed by atoms with Gasteiger partial charge in [-0.2, -0.15) is 0 Å². The fraction of sp³-hybridized carbons (Fsp3) is 0.294. The van der Waals surface area contributed by atoms with E-state index < -0.39 is 0 Å². The van der Waals surface area contributed by atoms with Crippen molar-refractivity contribution in [2.45, 2.75) is 26.4 Å². The molecule has 1 N–H and O–H groups in total. The van der Waals surface area contributed by atoms with Crippen LogP contribution in [0.5, 0.6) is 0 Å². The number of aromatic nitrogens is 4. The summed E-state index contributed by atoms with van der Waals surface area (Å²) >= 11 is 3.34. The largest absolute Gasteiger partial charge is 0.354 e. The number of benzene rings is 1. The predicted octanol–water partition coefficient (Wildman–Crippen LogP) is 1.87. The number of rotatable bonds is 6. The lowest BCUT2D eigenvalue weighted by Crippen LogP contribution is -2.33. The van der Waals surface area contributed by atoms with Crippen LogP contribution in [0, 0.1) is 6.92 Å². The molecule has 1 amide bonds. The summed E-state index contributed by atoms with van der Waals surface area (Å²) in [6.07, 6.45) is 5.87. The lowest BCUT2D eigenvalue weighted by Gasteiger charge is -2.09. The number of hydrogen-bond donors (Lipinski definition) is 1. The predicted molar refractivity (Wildman–Crippen MR) is 98.3 cm³/mol. The summed E-state index contributed by atoms with van der Waals surface area (Å²) < 4.78 is 4.15. The van der Waals surface area contributed by atoms with E-state index in [-0.39, 0.29) is 18.0 Å². The van der Waals surface area contributed by atoms with Crippen LogP contribution in [0.2, 0.25) is 0 Å². The molecule has 0 aliphatic rings. The number of carbonyl (C=O) groups excluding carboxylic acids is 1. The summed E-state index contributed by atoms with van der Waals surface area (Å²) in [6, 6.07) is 5.31. The highest BCUT2D eigenvalue weighted by Gasteiger charge is 2.08. The molecule has 2 aromatic heterocycles. The molecule has 0 saturated heterocycles. The second kappa shape index (κ2) is 7.60. The number of amides is 1. The molecule has 8 heteroatoms. The third-order valence-electron chi connectivity index (χ3n) is 3.92. The van der Waals surface area contributed by atoms with Gasteiger partial charge in [0, 0.05) is 30.0 Å². The molecule has 0 bridgehead atoms. The van der Waals surface area contributed by atoms with Gasteiger partial charge in [-0.3, -0.25) is 14.2 Å². The standard InChI is InChI=1S/C17H18BrN5O2/c1-12-19-6-8-22(12)7-2-5-20-16(24)10-23-11-21-15-4-3-13(18)9-14(15)17(23)25/h3-4,6,8-9,11H,2,5,7,10H2,1H3,(H,20,24). The highest BCUT2D eigenvalue weighted by molar-refractivity contribution is 9.10. The van der Waals surface area contributed by atoms with Crippen molar-refractivity contribution < 1.29 is 4.79 Å². The van der Waals surface area contributed by atoms with E-state index in [1.165, 1.54) is 10.9 Å².